The standard InChI is InChI=1S/C14H20N2O3/c17-12-15-13-2-4-14(5-3-13)19-9-1-6-16-7-10-18-11-8-16/h2-5,12H,1,6-11H2,(H,15,17). The molecule has 5 nitrogen and oxygen atoms in total. The average molecular weight is 264 g/mol. The summed E-state index contributed by atoms with van der Waals surface area (Å²) >= 11 is 0. The summed E-state index contributed by atoms with van der Waals surface area (Å²) in [6.07, 6.45) is 1.67. The minimum Gasteiger partial charge on any atom is -0.494 e. The minimum absolute atomic E-state index is 0.665. The van der Waals surface area contributed by atoms with Crippen LogP contribution in [-0.4, -0.2) is 50.8 Å². The zero-order chi connectivity index (χ0) is 13.3. The molecule has 19 heavy (non-hydrogen) atoms. The summed E-state index contributed by atoms with van der Waals surface area (Å²) in [5, 5.41) is 2.59. The fraction of sp³-hybridized carbons (Fsp3) is 0.500. The molecule has 2 rings (SSSR count). The Kier molecular flexibility index (Phi) is 5.65. The molecule has 1 N–H and O–H groups in total. The molecule has 0 aliphatic carbocycles. The Morgan fingerprint density at radius 3 is 2.68 bits per heavy atom. The molecule has 104 valence electrons. The normalized spacial score (nSPS) is 16.0. The van der Waals surface area contributed by atoms with Gasteiger partial charge in [0.15, 0.2) is 0 Å². The largest absolute Gasteiger partial charge is 0.494 e. The van der Waals surface area contributed by atoms with Gasteiger partial charge in [-0.3, -0.25) is 9.69 Å². The molecule has 0 bridgehead atoms. The highest BCUT2D eigenvalue weighted by Crippen LogP contribution is 2.15. The molecule has 0 unspecified atom stereocenters. The van der Waals surface area contributed by atoms with Crippen molar-refractivity contribution in [2.45, 2.75) is 6.42 Å². The van der Waals surface area contributed by atoms with Crippen molar-refractivity contribution in [1.29, 1.82) is 0 Å². The molecule has 0 radical (unpaired) electrons. The molecule has 0 aromatic heterocycles. The van der Waals surface area contributed by atoms with E-state index in [1.165, 1.54) is 0 Å². The van der Waals surface area contributed by atoms with Gasteiger partial charge in [0.05, 0.1) is 19.8 Å². The van der Waals surface area contributed by atoms with Gasteiger partial charge in [0.25, 0.3) is 0 Å². The molecule has 1 amide bonds. The quantitative estimate of drug-likeness (QED) is 0.597. The highest BCUT2D eigenvalue weighted by molar-refractivity contribution is 5.71. The Labute approximate surface area is 113 Å². The third-order valence-electron chi connectivity index (χ3n) is 3.07. The molecule has 0 saturated carbocycles. The van der Waals surface area contributed by atoms with Crippen LogP contribution in [0.4, 0.5) is 5.69 Å². The second-order valence-electron chi connectivity index (χ2n) is 4.44. The van der Waals surface area contributed by atoms with E-state index in [0.29, 0.717) is 13.0 Å². The molecule has 0 atom stereocenters. The van der Waals surface area contributed by atoms with Gasteiger partial charge in [-0.05, 0) is 30.7 Å². The van der Waals surface area contributed by atoms with Crippen LogP contribution in [0.5, 0.6) is 5.75 Å². The first kappa shape index (κ1) is 13.8. The second-order valence-corrected chi connectivity index (χ2v) is 4.44. The van der Waals surface area contributed by atoms with Crippen molar-refractivity contribution in [3.05, 3.63) is 24.3 Å². The van der Waals surface area contributed by atoms with Gasteiger partial charge in [-0.2, -0.15) is 0 Å². The van der Waals surface area contributed by atoms with Gasteiger partial charge in [-0.25, -0.2) is 0 Å². The van der Waals surface area contributed by atoms with Crippen molar-refractivity contribution in [1.82, 2.24) is 4.90 Å². The van der Waals surface area contributed by atoms with Crippen molar-refractivity contribution >= 4 is 12.1 Å². The lowest BCUT2D eigenvalue weighted by atomic mass is 10.3. The highest BCUT2D eigenvalue weighted by atomic mass is 16.5. The van der Waals surface area contributed by atoms with Crippen LogP contribution in [-0.2, 0) is 9.53 Å². The second kappa shape index (κ2) is 7.76. The third kappa shape index (κ3) is 4.89. The maximum Gasteiger partial charge on any atom is 0.211 e. The molecule has 1 saturated heterocycles. The van der Waals surface area contributed by atoms with Gasteiger partial charge in [0, 0.05) is 25.3 Å². The van der Waals surface area contributed by atoms with Crippen molar-refractivity contribution < 1.29 is 14.3 Å². The smallest absolute Gasteiger partial charge is 0.211 e. The maximum atomic E-state index is 10.3. The van der Waals surface area contributed by atoms with Crippen LogP contribution >= 0.6 is 0 Å². The first-order valence-corrected chi connectivity index (χ1v) is 6.61. The maximum absolute atomic E-state index is 10.3. The topological polar surface area (TPSA) is 50.8 Å². The first-order chi connectivity index (χ1) is 9.38. The lowest BCUT2D eigenvalue weighted by molar-refractivity contribution is -0.105. The van der Waals surface area contributed by atoms with Gasteiger partial charge in [-0.15, -0.1) is 0 Å². The number of carbonyl (C=O) groups excluding carboxylic acids is 1. The number of amides is 1. The molecule has 1 aliphatic heterocycles. The molecule has 1 fully saturated rings. The molecule has 1 heterocycles. The Balaban J connectivity index is 1.63. The predicted molar refractivity (Wildman–Crippen MR) is 73.5 cm³/mol. The van der Waals surface area contributed by atoms with Crippen LogP contribution in [0.15, 0.2) is 24.3 Å². The van der Waals surface area contributed by atoms with E-state index in [2.05, 4.69) is 10.2 Å². The van der Waals surface area contributed by atoms with E-state index in [-0.39, 0.29) is 0 Å². The molecule has 1 aromatic rings. The fourth-order valence-corrected chi connectivity index (χ4v) is 2.02. The van der Waals surface area contributed by atoms with Crippen molar-refractivity contribution in [3.63, 3.8) is 0 Å². The van der Waals surface area contributed by atoms with Gasteiger partial charge in [0.1, 0.15) is 5.75 Å². The third-order valence-corrected chi connectivity index (χ3v) is 3.07. The number of benzene rings is 1. The molecular weight excluding hydrogens is 244 g/mol. The number of morpholine rings is 1. The zero-order valence-electron chi connectivity index (χ0n) is 11.0. The monoisotopic (exact) mass is 264 g/mol. The molecular formula is C14H20N2O3. The highest BCUT2D eigenvalue weighted by Gasteiger charge is 2.09. The van der Waals surface area contributed by atoms with E-state index in [1.54, 1.807) is 0 Å². The lowest BCUT2D eigenvalue weighted by Gasteiger charge is -2.26. The minimum atomic E-state index is 0.665. The van der Waals surface area contributed by atoms with Crippen molar-refractivity contribution in [3.8, 4) is 5.75 Å². The number of nitrogens with zero attached hydrogens (tertiary/aromatic N) is 1. The predicted octanol–water partition coefficient (Wildman–Crippen LogP) is 1.36. The Morgan fingerprint density at radius 1 is 1.26 bits per heavy atom. The van der Waals surface area contributed by atoms with E-state index in [0.717, 1.165) is 50.7 Å². The van der Waals surface area contributed by atoms with Crippen LogP contribution in [0.2, 0.25) is 0 Å². The summed E-state index contributed by atoms with van der Waals surface area (Å²) in [6.45, 7) is 5.47. The molecule has 1 aliphatic rings. The van der Waals surface area contributed by atoms with Crippen LogP contribution in [0.3, 0.4) is 0 Å². The van der Waals surface area contributed by atoms with Crippen LogP contribution in [0.25, 0.3) is 0 Å². The summed E-state index contributed by atoms with van der Waals surface area (Å²) < 4.78 is 11.0. The van der Waals surface area contributed by atoms with Crippen molar-refractivity contribution in [2.24, 2.45) is 0 Å². The van der Waals surface area contributed by atoms with Gasteiger partial charge in [-0.1, -0.05) is 0 Å². The van der Waals surface area contributed by atoms with Crippen molar-refractivity contribution in [2.75, 3.05) is 44.8 Å². The van der Waals surface area contributed by atoms with Gasteiger partial charge < -0.3 is 14.8 Å². The van der Waals surface area contributed by atoms with E-state index in [1.807, 2.05) is 24.3 Å². The van der Waals surface area contributed by atoms with Crippen LogP contribution < -0.4 is 10.1 Å². The zero-order valence-corrected chi connectivity index (χ0v) is 11.0. The van der Waals surface area contributed by atoms with E-state index in [4.69, 9.17) is 9.47 Å². The number of rotatable bonds is 7. The summed E-state index contributed by atoms with van der Waals surface area (Å²) in [5.41, 5.74) is 0.774. The fourth-order valence-electron chi connectivity index (χ4n) is 2.02. The lowest BCUT2D eigenvalue weighted by Crippen LogP contribution is -2.37. The Hall–Kier alpha value is -1.59. The van der Waals surface area contributed by atoms with Gasteiger partial charge in [0.2, 0.25) is 6.41 Å². The Bertz CT molecular complexity index is 375. The van der Waals surface area contributed by atoms with E-state index >= 15 is 0 Å². The molecule has 5 heteroatoms. The average Bonchev–Trinajstić information content (AvgIpc) is 2.47. The summed E-state index contributed by atoms with van der Waals surface area (Å²) in [4.78, 5) is 12.7. The van der Waals surface area contributed by atoms with Crippen LogP contribution in [0.1, 0.15) is 6.42 Å². The summed E-state index contributed by atoms with van der Waals surface area (Å²) in [6, 6.07) is 7.37. The number of nitrogens with one attached hydrogen (secondary N) is 1. The number of ether oxygens (including phenoxy) is 2. The number of carbonyl (C=O) groups is 1. The first-order valence-electron chi connectivity index (χ1n) is 6.61. The van der Waals surface area contributed by atoms with Gasteiger partial charge >= 0.3 is 0 Å². The number of anilines is 1. The van der Waals surface area contributed by atoms with E-state index < -0.39 is 0 Å². The number of hydrogen-bond donors (Lipinski definition) is 1. The summed E-state index contributed by atoms with van der Waals surface area (Å²) in [7, 11) is 0. The molecule has 1 aromatic carbocycles. The van der Waals surface area contributed by atoms with E-state index in [9.17, 15) is 4.79 Å². The SMILES string of the molecule is O=CNc1ccc(OCCCN2CCOCC2)cc1. The van der Waals surface area contributed by atoms with Crippen LogP contribution in [0, 0.1) is 0 Å². The number of hydrogen-bond acceptors (Lipinski definition) is 4. The molecule has 0 spiro atoms. The summed E-state index contributed by atoms with van der Waals surface area (Å²) in [5.74, 6) is 0.832. The Morgan fingerprint density at radius 2 is 2.00 bits per heavy atom.